The van der Waals surface area contributed by atoms with Crippen LogP contribution in [0.15, 0.2) is 42.5 Å². The van der Waals surface area contributed by atoms with Gasteiger partial charge in [-0.1, -0.05) is 5.92 Å². The van der Waals surface area contributed by atoms with E-state index in [2.05, 4.69) is 17.9 Å². The molecule has 0 N–H and O–H groups in total. The highest BCUT2D eigenvalue weighted by molar-refractivity contribution is 7.85. The highest BCUT2D eigenvalue weighted by Gasteiger charge is 2.15. The Kier molecular flexibility index (Phi) is 5.73. The van der Waals surface area contributed by atoms with Gasteiger partial charge in [0.05, 0.1) is 18.2 Å². The molecule has 0 fully saturated rings. The Morgan fingerprint density at radius 3 is 2.46 bits per heavy atom. The van der Waals surface area contributed by atoms with Gasteiger partial charge in [0.2, 0.25) is 0 Å². The van der Waals surface area contributed by atoms with Crippen LogP contribution >= 0.6 is 0 Å². The molecule has 5 nitrogen and oxygen atoms in total. The molecule has 0 saturated carbocycles. The van der Waals surface area contributed by atoms with Crippen LogP contribution in [0.3, 0.4) is 0 Å². The van der Waals surface area contributed by atoms with Crippen molar-refractivity contribution in [3.05, 3.63) is 59.3 Å². The van der Waals surface area contributed by atoms with Gasteiger partial charge in [-0.25, -0.2) is 4.21 Å². The van der Waals surface area contributed by atoms with Crippen molar-refractivity contribution in [2.75, 3.05) is 24.7 Å². The van der Waals surface area contributed by atoms with E-state index < -0.39 is 11.0 Å². The lowest BCUT2D eigenvalue weighted by Gasteiger charge is -2.14. The van der Waals surface area contributed by atoms with Crippen molar-refractivity contribution in [3.8, 4) is 23.7 Å². The Hall–Kier alpha value is -3.22. The maximum Gasteiger partial charge on any atom is 0.120 e. The number of fused-ring (bicyclic) bond motifs is 1. The summed E-state index contributed by atoms with van der Waals surface area (Å²) < 4.78 is 20.6. The summed E-state index contributed by atoms with van der Waals surface area (Å²) >= 11 is 0. The number of nitriles is 1. The van der Waals surface area contributed by atoms with Crippen LogP contribution in [0.25, 0.3) is 10.9 Å². The number of benzene rings is 2. The Labute approximate surface area is 167 Å². The fourth-order valence-corrected chi connectivity index (χ4v) is 3.48. The summed E-state index contributed by atoms with van der Waals surface area (Å²) in [4.78, 5) is 0. The van der Waals surface area contributed by atoms with Gasteiger partial charge in [0.25, 0.3) is 0 Å². The van der Waals surface area contributed by atoms with Gasteiger partial charge in [0, 0.05) is 42.6 Å². The van der Waals surface area contributed by atoms with Gasteiger partial charge in [0.1, 0.15) is 28.5 Å². The van der Waals surface area contributed by atoms with Crippen LogP contribution < -0.4 is 9.04 Å². The van der Waals surface area contributed by atoms with Gasteiger partial charge in [-0.15, -0.1) is 0 Å². The normalized spacial score (nSPS) is 11.4. The third-order valence-corrected chi connectivity index (χ3v) is 5.62. The van der Waals surface area contributed by atoms with E-state index in [0.717, 1.165) is 27.9 Å². The zero-order chi connectivity index (χ0) is 20.3. The van der Waals surface area contributed by atoms with Crippen molar-refractivity contribution in [2.24, 2.45) is 0 Å². The van der Waals surface area contributed by atoms with Crippen molar-refractivity contribution in [2.45, 2.75) is 13.5 Å². The van der Waals surface area contributed by atoms with Gasteiger partial charge in [-0.2, -0.15) is 5.26 Å². The molecule has 6 heteroatoms. The molecule has 2 aromatic carbocycles. The van der Waals surface area contributed by atoms with Crippen LogP contribution in [0.1, 0.15) is 23.7 Å². The Morgan fingerprint density at radius 1 is 1.18 bits per heavy atom. The van der Waals surface area contributed by atoms with Crippen molar-refractivity contribution >= 4 is 27.6 Å². The third kappa shape index (κ3) is 3.60. The Balaban J connectivity index is 2.06. The molecule has 0 spiro atoms. The minimum atomic E-state index is -1.07. The summed E-state index contributed by atoms with van der Waals surface area (Å²) in [6.45, 7) is 2.72. The van der Waals surface area contributed by atoms with E-state index in [0.29, 0.717) is 17.8 Å². The van der Waals surface area contributed by atoms with Crippen LogP contribution in [-0.2, 0) is 17.5 Å². The largest absolute Gasteiger partial charge is 0.497 e. The molecule has 0 aliphatic carbocycles. The van der Waals surface area contributed by atoms with Gasteiger partial charge < -0.3 is 9.30 Å². The minimum absolute atomic E-state index is 0.574. The molecule has 3 aromatic rings. The number of aromatic nitrogens is 1. The monoisotopic (exact) mass is 391 g/mol. The molecule has 1 aromatic heterocycles. The third-order valence-electron chi connectivity index (χ3n) is 4.64. The second-order valence-corrected chi connectivity index (χ2v) is 7.58. The van der Waals surface area contributed by atoms with E-state index in [1.807, 2.05) is 54.0 Å². The summed E-state index contributed by atoms with van der Waals surface area (Å²) in [7, 11) is 2.33. The molecule has 1 unspecified atom stereocenters. The predicted octanol–water partition coefficient (Wildman–Crippen LogP) is 3.67. The number of methoxy groups -OCH3 is 1. The molecular weight excluding hydrogens is 370 g/mol. The number of ether oxygens (including phenoxy) is 1. The van der Waals surface area contributed by atoms with Crippen LogP contribution in [0.4, 0.5) is 5.69 Å². The highest BCUT2D eigenvalue weighted by Crippen LogP contribution is 2.29. The first-order valence-corrected chi connectivity index (χ1v) is 10.3. The summed E-state index contributed by atoms with van der Waals surface area (Å²) in [6.07, 6.45) is 1.63. The van der Waals surface area contributed by atoms with Crippen LogP contribution in [0, 0.1) is 23.2 Å². The summed E-state index contributed by atoms with van der Waals surface area (Å²) in [5, 5.41) is 10.6. The molecule has 0 radical (unpaired) electrons. The minimum Gasteiger partial charge on any atom is -0.497 e. The molecule has 0 bridgehead atoms. The fourth-order valence-electron chi connectivity index (χ4n) is 3.06. The molecule has 1 atom stereocenters. The van der Waals surface area contributed by atoms with Gasteiger partial charge in [0.15, 0.2) is 0 Å². The number of aryl methyl sites for hydroxylation is 1. The molecule has 142 valence electrons. The number of hydrogen-bond acceptors (Lipinski definition) is 3. The fraction of sp³-hybridized carbons (Fsp3) is 0.227. The molecule has 28 heavy (non-hydrogen) atoms. The number of rotatable bonds is 4. The van der Waals surface area contributed by atoms with E-state index in [9.17, 15) is 9.47 Å². The highest BCUT2D eigenvalue weighted by atomic mass is 32.2. The van der Waals surface area contributed by atoms with E-state index in [4.69, 9.17) is 4.74 Å². The van der Waals surface area contributed by atoms with Crippen LogP contribution in [0.5, 0.6) is 5.75 Å². The first-order chi connectivity index (χ1) is 13.5. The quantitative estimate of drug-likeness (QED) is 0.638. The second-order valence-electron chi connectivity index (χ2n) is 6.18. The molecular formula is C22H21N3O2S. The number of nitrogens with zero attached hydrogens (tertiary/aromatic N) is 3. The van der Waals surface area contributed by atoms with E-state index in [1.54, 1.807) is 24.7 Å². The average molecular weight is 391 g/mol. The smallest absolute Gasteiger partial charge is 0.120 e. The van der Waals surface area contributed by atoms with Gasteiger partial charge in [-0.05, 0) is 49.2 Å². The lowest BCUT2D eigenvalue weighted by atomic mass is 10.1. The zero-order valence-electron chi connectivity index (χ0n) is 16.3. The van der Waals surface area contributed by atoms with Crippen molar-refractivity contribution in [3.63, 3.8) is 0 Å². The first kappa shape index (κ1) is 19.5. The lowest BCUT2D eigenvalue weighted by Crippen LogP contribution is -2.18. The molecule has 1 heterocycles. The summed E-state index contributed by atoms with van der Waals surface area (Å²) in [5.74, 6) is 7.07. The van der Waals surface area contributed by atoms with Crippen molar-refractivity contribution in [1.29, 1.82) is 5.26 Å². The topological polar surface area (TPSA) is 58.3 Å². The zero-order valence-corrected chi connectivity index (χ0v) is 17.1. The summed E-state index contributed by atoms with van der Waals surface area (Å²) in [6, 6.07) is 15.5. The SMILES string of the molecule is CCn1c(C#Cc2ccc(N(C)S(C)=O)cc2)c(C#N)c2ccc(OC)cc21. The van der Waals surface area contributed by atoms with Crippen molar-refractivity contribution in [1.82, 2.24) is 4.57 Å². The Morgan fingerprint density at radius 2 is 1.89 bits per heavy atom. The summed E-state index contributed by atoms with van der Waals surface area (Å²) in [5.41, 5.74) is 3.89. The van der Waals surface area contributed by atoms with Gasteiger partial charge >= 0.3 is 0 Å². The van der Waals surface area contributed by atoms with Crippen LogP contribution in [0.2, 0.25) is 0 Å². The molecule has 0 aliphatic rings. The standard InChI is InChI=1S/C22H21N3O2S/c1-5-25-21(20(15-23)19-12-11-18(27-3)14-22(19)25)13-8-16-6-9-17(10-7-16)24(2)28(4)26/h6-7,9-12,14H,5H2,1-4H3. The van der Waals surface area contributed by atoms with E-state index in [-0.39, 0.29) is 0 Å². The van der Waals surface area contributed by atoms with Gasteiger partial charge in [-0.3, -0.25) is 4.31 Å². The predicted molar refractivity (Wildman–Crippen MR) is 114 cm³/mol. The number of anilines is 1. The maximum absolute atomic E-state index is 11.6. The second kappa shape index (κ2) is 8.21. The molecule has 0 amide bonds. The molecule has 0 aliphatic heterocycles. The number of hydrogen-bond donors (Lipinski definition) is 0. The molecule has 3 rings (SSSR count). The Bertz CT molecular complexity index is 1140. The lowest BCUT2D eigenvalue weighted by molar-refractivity contribution is 0.415. The van der Waals surface area contributed by atoms with Crippen molar-refractivity contribution < 1.29 is 8.95 Å². The van der Waals surface area contributed by atoms with E-state index in [1.165, 1.54) is 0 Å². The van der Waals surface area contributed by atoms with Crippen LogP contribution in [-0.4, -0.2) is 29.2 Å². The maximum atomic E-state index is 11.6. The average Bonchev–Trinajstić information content (AvgIpc) is 3.03. The molecule has 0 saturated heterocycles. The first-order valence-electron chi connectivity index (χ1n) is 8.79. The van der Waals surface area contributed by atoms with E-state index >= 15 is 0 Å².